The molecule has 9 heteroatoms. The molecule has 0 aliphatic rings. The number of carbonyl (C=O) groups is 1. The first-order valence-electron chi connectivity index (χ1n) is 6.51. The molecule has 0 aromatic carbocycles. The van der Waals surface area contributed by atoms with Gasteiger partial charge in [-0.15, -0.1) is 11.3 Å². The van der Waals surface area contributed by atoms with Crippen LogP contribution < -0.4 is 10.6 Å². The second-order valence-electron chi connectivity index (χ2n) is 4.47. The van der Waals surface area contributed by atoms with E-state index in [9.17, 15) is 4.79 Å². The molecule has 0 unspecified atom stereocenters. The van der Waals surface area contributed by atoms with Gasteiger partial charge in [-0.1, -0.05) is 0 Å². The Balaban J connectivity index is 1.62. The Morgan fingerprint density at radius 2 is 2.36 bits per heavy atom. The zero-order valence-electron chi connectivity index (χ0n) is 11.6. The summed E-state index contributed by atoms with van der Waals surface area (Å²) in [5, 5.41) is 14.3. The monoisotopic (exact) mass is 315 g/mol. The third-order valence-electron chi connectivity index (χ3n) is 2.87. The average Bonchev–Trinajstić information content (AvgIpc) is 3.19. The fourth-order valence-electron chi connectivity index (χ4n) is 1.80. The number of hydrogen-bond donors (Lipinski definition) is 3. The predicted molar refractivity (Wildman–Crippen MR) is 82.3 cm³/mol. The summed E-state index contributed by atoms with van der Waals surface area (Å²) in [6.07, 6.45) is 4.82. The third kappa shape index (κ3) is 3.26. The molecule has 3 N–H and O–H groups in total. The van der Waals surface area contributed by atoms with E-state index < -0.39 is 0 Å². The van der Waals surface area contributed by atoms with Crippen LogP contribution in [0.2, 0.25) is 0 Å². The molecule has 0 fully saturated rings. The van der Waals surface area contributed by atoms with Crippen molar-refractivity contribution < 1.29 is 4.79 Å². The van der Waals surface area contributed by atoms with E-state index in [2.05, 4.69) is 35.8 Å². The molecule has 3 rings (SSSR count). The van der Waals surface area contributed by atoms with E-state index in [4.69, 9.17) is 0 Å². The third-order valence-corrected chi connectivity index (χ3v) is 3.63. The molecule has 0 aliphatic heterocycles. The van der Waals surface area contributed by atoms with Gasteiger partial charge in [-0.2, -0.15) is 5.10 Å². The zero-order valence-corrected chi connectivity index (χ0v) is 12.5. The Morgan fingerprint density at radius 3 is 3.09 bits per heavy atom. The van der Waals surface area contributed by atoms with Crippen molar-refractivity contribution in [1.29, 1.82) is 0 Å². The minimum absolute atomic E-state index is 0.278. The quantitative estimate of drug-likeness (QED) is 0.684. The van der Waals surface area contributed by atoms with Crippen molar-refractivity contribution in [1.82, 2.24) is 30.5 Å². The summed E-state index contributed by atoms with van der Waals surface area (Å²) in [5.41, 5.74) is 1.68. The van der Waals surface area contributed by atoms with Crippen LogP contribution in [0.3, 0.4) is 0 Å². The summed E-state index contributed by atoms with van der Waals surface area (Å²) in [7, 11) is 0. The number of H-pyrrole nitrogens is 1. The van der Waals surface area contributed by atoms with Crippen molar-refractivity contribution in [3.8, 4) is 11.3 Å². The molecule has 0 aliphatic carbocycles. The predicted octanol–water partition coefficient (Wildman–Crippen LogP) is 2.21. The maximum atomic E-state index is 11.9. The Bertz CT molecular complexity index is 741. The minimum Gasteiger partial charge on any atom is -0.328 e. The molecule has 3 heterocycles. The standard InChI is InChI=1S/C13H13N7OS/c1-8(11-15-7-16-20-11)17-12(21)19-13-18-10(6-22-13)9-3-2-4-14-5-9/h2-8H,1H3,(H,15,16,20)(H2,17,18,19,21)/t8-/m0/s1. The number of aromatic nitrogens is 5. The van der Waals surface area contributed by atoms with E-state index in [0.29, 0.717) is 11.0 Å². The van der Waals surface area contributed by atoms with Crippen LogP contribution in [0.5, 0.6) is 0 Å². The molecule has 0 radical (unpaired) electrons. The van der Waals surface area contributed by atoms with Gasteiger partial charge in [0.1, 0.15) is 12.2 Å². The lowest BCUT2D eigenvalue weighted by Gasteiger charge is -2.10. The first-order chi connectivity index (χ1) is 10.7. The van der Waals surface area contributed by atoms with Gasteiger partial charge in [0.2, 0.25) is 0 Å². The fourth-order valence-corrected chi connectivity index (χ4v) is 2.51. The van der Waals surface area contributed by atoms with Crippen molar-refractivity contribution in [2.75, 3.05) is 5.32 Å². The molecule has 8 nitrogen and oxygen atoms in total. The highest BCUT2D eigenvalue weighted by atomic mass is 32.1. The molecule has 112 valence electrons. The number of amides is 2. The number of anilines is 1. The average molecular weight is 315 g/mol. The second-order valence-corrected chi connectivity index (χ2v) is 5.33. The summed E-state index contributed by atoms with van der Waals surface area (Å²) in [5.74, 6) is 0.588. The van der Waals surface area contributed by atoms with Crippen LogP contribution in [-0.2, 0) is 0 Å². The largest absolute Gasteiger partial charge is 0.328 e. The van der Waals surface area contributed by atoms with Gasteiger partial charge in [0.15, 0.2) is 5.13 Å². The highest BCUT2D eigenvalue weighted by Gasteiger charge is 2.13. The number of urea groups is 1. The van der Waals surface area contributed by atoms with Crippen molar-refractivity contribution in [3.63, 3.8) is 0 Å². The van der Waals surface area contributed by atoms with Crippen LogP contribution in [-0.4, -0.2) is 31.2 Å². The molecule has 0 saturated heterocycles. The van der Waals surface area contributed by atoms with E-state index in [1.807, 2.05) is 24.4 Å². The van der Waals surface area contributed by atoms with E-state index >= 15 is 0 Å². The van der Waals surface area contributed by atoms with Crippen molar-refractivity contribution in [3.05, 3.63) is 42.1 Å². The van der Waals surface area contributed by atoms with Gasteiger partial charge >= 0.3 is 6.03 Å². The van der Waals surface area contributed by atoms with Crippen LogP contribution in [0.25, 0.3) is 11.3 Å². The Labute approximate surface area is 130 Å². The highest BCUT2D eigenvalue weighted by Crippen LogP contribution is 2.24. The van der Waals surface area contributed by atoms with Gasteiger partial charge in [-0.25, -0.2) is 14.8 Å². The van der Waals surface area contributed by atoms with Crippen LogP contribution in [0.1, 0.15) is 18.8 Å². The first-order valence-corrected chi connectivity index (χ1v) is 7.39. The van der Waals surface area contributed by atoms with E-state index in [0.717, 1.165) is 11.3 Å². The smallest absolute Gasteiger partial charge is 0.321 e. The summed E-state index contributed by atoms with van der Waals surface area (Å²) < 4.78 is 0. The number of nitrogens with zero attached hydrogens (tertiary/aromatic N) is 4. The van der Waals surface area contributed by atoms with Crippen molar-refractivity contribution in [2.45, 2.75) is 13.0 Å². The lowest BCUT2D eigenvalue weighted by molar-refractivity contribution is 0.249. The maximum absolute atomic E-state index is 11.9. The van der Waals surface area contributed by atoms with E-state index in [1.54, 1.807) is 12.4 Å². The zero-order chi connectivity index (χ0) is 15.4. The number of thiazole rings is 1. The normalized spacial score (nSPS) is 11.9. The van der Waals surface area contributed by atoms with Gasteiger partial charge in [0, 0.05) is 23.3 Å². The van der Waals surface area contributed by atoms with Crippen LogP contribution >= 0.6 is 11.3 Å². The number of pyridine rings is 1. The SMILES string of the molecule is C[C@H](NC(=O)Nc1nc(-c2cccnc2)cs1)c1ncn[nH]1. The molecule has 0 saturated carbocycles. The number of nitrogens with one attached hydrogen (secondary N) is 3. The molecular weight excluding hydrogens is 302 g/mol. The fraction of sp³-hybridized carbons (Fsp3) is 0.154. The van der Waals surface area contributed by atoms with Crippen molar-refractivity contribution >= 4 is 22.5 Å². The van der Waals surface area contributed by atoms with Gasteiger partial charge < -0.3 is 5.32 Å². The lowest BCUT2D eigenvalue weighted by atomic mass is 10.2. The Morgan fingerprint density at radius 1 is 1.45 bits per heavy atom. The molecule has 2 amide bonds. The second kappa shape index (κ2) is 6.31. The summed E-state index contributed by atoms with van der Waals surface area (Å²) in [6, 6.07) is 3.13. The lowest BCUT2D eigenvalue weighted by Crippen LogP contribution is -2.31. The van der Waals surface area contributed by atoms with Crippen LogP contribution in [0, 0.1) is 0 Å². The Hall–Kier alpha value is -2.81. The molecular formula is C13H13N7OS. The Kier molecular flexibility index (Phi) is 4.05. The van der Waals surface area contributed by atoms with Crippen molar-refractivity contribution in [2.24, 2.45) is 0 Å². The summed E-state index contributed by atoms with van der Waals surface area (Å²) in [6.45, 7) is 1.81. The number of hydrogen-bond acceptors (Lipinski definition) is 6. The molecule has 22 heavy (non-hydrogen) atoms. The topological polar surface area (TPSA) is 108 Å². The number of carbonyl (C=O) groups excluding carboxylic acids is 1. The first kappa shape index (κ1) is 14.1. The van der Waals surface area contributed by atoms with E-state index in [1.165, 1.54) is 17.7 Å². The number of rotatable bonds is 4. The van der Waals surface area contributed by atoms with Gasteiger partial charge in [0.25, 0.3) is 0 Å². The van der Waals surface area contributed by atoms with Gasteiger partial charge in [-0.05, 0) is 19.1 Å². The van der Waals surface area contributed by atoms with E-state index in [-0.39, 0.29) is 12.1 Å². The van der Waals surface area contributed by atoms with Gasteiger partial charge in [0.05, 0.1) is 11.7 Å². The molecule has 3 aromatic rings. The number of aromatic amines is 1. The molecule has 1 atom stereocenters. The molecule has 0 bridgehead atoms. The summed E-state index contributed by atoms with van der Waals surface area (Å²) >= 11 is 1.35. The molecule has 0 spiro atoms. The van der Waals surface area contributed by atoms with Crippen LogP contribution in [0.4, 0.5) is 9.93 Å². The maximum Gasteiger partial charge on any atom is 0.321 e. The van der Waals surface area contributed by atoms with Crippen LogP contribution in [0.15, 0.2) is 36.2 Å². The molecule has 3 aromatic heterocycles. The highest BCUT2D eigenvalue weighted by molar-refractivity contribution is 7.14. The van der Waals surface area contributed by atoms with Gasteiger partial charge in [-0.3, -0.25) is 15.4 Å². The minimum atomic E-state index is -0.351. The summed E-state index contributed by atoms with van der Waals surface area (Å²) in [4.78, 5) is 24.3.